The fourth-order valence-corrected chi connectivity index (χ4v) is 9.80. The molecule has 11 heteroatoms. The molecule has 3 unspecified atom stereocenters. The van der Waals surface area contributed by atoms with Gasteiger partial charge in [0.15, 0.2) is 5.25 Å². The van der Waals surface area contributed by atoms with Crippen LogP contribution >= 0.6 is 0 Å². The molecule has 2 saturated carbocycles. The molecule has 10 nitrogen and oxygen atoms in total. The molecule has 1 heterocycles. The van der Waals surface area contributed by atoms with Gasteiger partial charge in [0.2, 0.25) is 0 Å². The highest BCUT2D eigenvalue weighted by molar-refractivity contribution is 7.87. The van der Waals surface area contributed by atoms with E-state index in [1.54, 1.807) is 0 Å². The van der Waals surface area contributed by atoms with Crippen LogP contribution in [0.2, 0.25) is 0 Å². The maximum absolute atomic E-state index is 12.2. The van der Waals surface area contributed by atoms with Gasteiger partial charge in [0.05, 0.1) is 25.2 Å². The van der Waals surface area contributed by atoms with Crippen molar-refractivity contribution in [2.24, 2.45) is 17.8 Å². The molecule has 0 spiro atoms. The van der Waals surface area contributed by atoms with Crippen molar-refractivity contribution in [2.75, 3.05) is 26.3 Å². The van der Waals surface area contributed by atoms with Crippen LogP contribution in [0.4, 0.5) is 0 Å². The van der Waals surface area contributed by atoms with Crippen molar-refractivity contribution in [1.82, 2.24) is 4.90 Å². The quantitative estimate of drug-likeness (QED) is 0.102. The Bertz CT molecular complexity index is 1410. The van der Waals surface area contributed by atoms with E-state index in [-0.39, 0.29) is 36.5 Å². The fraction of sp³-hybridized carbons (Fsp3) is 0.805. The highest BCUT2D eigenvalue weighted by Gasteiger charge is 2.63. The van der Waals surface area contributed by atoms with Crippen LogP contribution in [-0.2, 0) is 41.0 Å². The summed E-state index contributed by atoms with van der Waals surface area (Å²) in [6.45, 7) is 10.6. The average molecular weight is 750 g/mol. The lowest BCUT2D eigenvalue weighted by molar-refractivity contribution is -0.169. The van der Waals surface area contributed by atoms with Crippen LogP contribution in [0.3, 0.4) is 0 Å². The maximum Gasteiger partial charge on any atom is 0.327 e. The number of hydrogen-bond acceptors (Lipinski definition) is 9. The highest BCUT2D eigenvalue weighted by atomic mass is 32.2. The van der Waals surface area contributed by atoms with Crippen LogP contribution in [0.1, 0.15) is 148 Å². The Balaban J connectivity index is 0.000000234. The molecular weight excluding hydrogens is 683 g/mol. The molecule has 0 amide bonds. The van der Waals surface area contributed by atoms with Gasteiger partial charge in [0.1, 0.15) is 5.75 Å². The number of phenolic OH excluding ortho intramolecular Hbond substituents is 1. The Morgan fingerprint density at radius 1 is 0.923 bits per heavy atom. The van der Waals surface area contributed by atoms with Crippen molar-refractivity contribution in [3.05, 3.63) is 29.3 Å². The minimum atomic E-state index is -4.76. The van der Waals surface area contributed by atoms with Crippen LogP contribution in [-0.4, -0.2) is 83.2 Å². The van der Waals surface area contributed by atoms with Gasteiger partial charge < -0.3 is 19.7 Å². The summed E-state index contributed by atoms with van der Waals surface area (Å²) in [5.41, 5.74) is 1.89. The molecule has 3 fully saturated rings. The van der Waals surface area contributed by atoms with Gasteiger partial charge in [-0.1, -0.05) is 91.5 Å². The molecular formula is C41H67NO9S. The number of esters is 2. The number of aliphatic hydroxyl groups is 1. The molecule has 3 aliphatic carbocycles. The molecule has 0 aromatic heterocycles. The standard InChI is InChI=1S/C21H29NO2.C20H38O7S/c23-17-7-6-16-12-19-21(24)9-2-1-8-20(21,18(16)13-17)10-11-22(19)14-15-4-3-5-15;1-5-9-11-16(7-3)14-26-19(21)13-18(28(23,24)25)20(22)27-15-17(8-4)12-10-6-2/h6-7,13,15,19,23-24H,1-5,8-12,14H2;16-18H,5-15H2,1-4H3,(H,23,24,25)/t19-,20+,21-;/m1./s1. The van der Waals surface area contributed by atoms with Crippen molar-refractivity contribution in [3.63, 3.8) is 0 Å². The second-order valence-corrected chi connectivity index (χ2v) is 17.8. The van der Waals surface area contributed by atoms with E-state index in [4.69, 9.17) is 9.47 Å². The third-order valence-corrected chi connectivity index (χ3v) is 13.9. The van der Waals surface area contributed by atoms with Gasteiger partial charge in [-0.3, -0.25) is 19.0 Å². The van der Waals surface area contributed by atoms with Crippen molar-refractivity contribution in [3.8, 4) is 5.75 Å². The topological polar surface area (TPSA) is 151 Å². The maximum atomic E-state index is 12.2. The van der Waals surface area contributed by atoms with Gasteiger partial charge in [0, 0.05) is 18.0 Å². The van der Waals surface area contributed by atoms with Crippen molar-refractivity contribution in [1.29, 1.82) is 0 Å². The number of fused-ring (bicyclic) bond motifs is 1. The second kappa shape index (κ2) is 19.4. The minimum Gasteiger partial charge on any atom is -0.508 e. The summed E-state index contributed by atoms with van der Waals surface area (Å²) in [6, 6.07) is 6.17. The molecule has 0 radical (unpaired) electrons. The number of unbranched alkanes of at least 4 members (excludes halogenated alkanes) is 2. The molecule has 1 aliphatic heterocycles. The zero-order chi connectivity index (χ0) is 37.9. The van der Waals surface area contributed by atoms with E-state index in [1.165, 1.54) is 43.4 Å². The Kier molecular flexibility index (Phi) is 15.9. The summed E-state index contributed by atoms with van der Waals surface area (Å²) in [5, 5.41) is 20.1. The molecule has 1 aromatic rings. The third kappa shape index (κ3) is 10.3. The highest BCUT2D eigenvalue weighted by Crippen LogP contribution is 2.58. The molecule has 1 saturated heterocycles. The van der Waals surface area contributed by atoms with E-state index < -0.39 is 39.3 Å². The van der Waals surface area contributed by atoms with Crippen LogP contribution in [0.25, 0.3) is 0 Å². The molecule has 4 aliphatic rings. The molecule has 52 heavy (non-hydrogen) atoms. The third-order valence-electron chi connectivity index (χ3n) is 12.8. The molecule has 5 rings (SSSR count). The van der Waals surface area contributed by atoms with Crippen molar-refractivity contribution >= 4 is 22.1 Å². The van der Waals surface area contributed by atoms with E-state index in [1.807, 2.05) is 26.0 Å². The molecule has 296 valence electrons. The average Bonchev–Trinajstić information content (AvgIpc) is 3.09. The molecule has 2 bridgehead atoms. The molecule has 6 atom stereocenters. The first kappa shape index (κ1) is 42.5. The largest absolute Gasteiger partial charge is 0.508 e. The summed E-state index contributed by atoms with van der Waals surface area (Å²) in [7, 11) is -4.76. The van der Waals surface area contributed by atoms with E-state index in [0.29, 0.717) is 5.75 Å². The summed E-state index contributed by atoms with van der Waals surface area (Å²) in [6.07, 6.45) is 17.2. The molecule has 3 N–H and O–H groups in total. The van der Waals surface area contributed by atoms with Crippen molar-refractivity contribution < 1.29 is 42.2 Å². The molecule has 1 aromatic carbocycles. The zero-order valence-corrected chi connectivity index (χ0v) is 33.1. The second-order valence-electron chi connectivity index (χ2n) is 16.2. The summed E-state index contributed by atoms with van der Waals surface area (Å²) in [4.78, 5) is 26.8. The first-order chi connectivity index (χ1) is 24.8. The minimum absolute atomic E-state index is 0.0747. The summed E-state index contributed by atoms with van der Waals surface area (Å²) >= 11 is 0. The van der Waals surface area contributed by atoms with Crippen LogP contribution < -0.4 is 0 Å². The van der Waals surface area contributed by atoms with Gasteiger partial charge in [-0.05, 0) is 98.9 Å². The number of carbonyl (C=O) groups is 2. The Morgan fingerprint density at radius 2 is 1.56 bits per heavy atom. The number of hydrogen-bond donors (Lipinski definition) is 3. The van der Waals surface area contributed by atoms with E-state index in [2.05, 4.69) is 24.8 Å². The van der Waals surface area contributed by atoms with Crippen molar-refractivity contribution in [2.45, 2.75) is 166 Å². The number of benzene rings is 1. The number of ether oxygens (including phenoxy) is 2. The van der Waals surface area contributed by atoms with Crippen LogP contribution in [0.5, 0.6) is 5.75 Å². The lowest BCUT2D eigenvalue weighted by atomic mass is 9.49. The number of rotatable bonds is 18. The first-order valence-corrected chi connectivity index (χ1v) is 21.9. The number of nitrogens with zero attached hydrogens (tertiary/aromatic N) is 1. The Hall–Kier alpha value is -2.21. The first-order valence-electron chi connectivity index (χ1n) is 20.4. The van der Waals surface area contributed by atoms with Crippen LogP contribution in [0.15, 0.2) is 18.2 Å². The number of likely N-dealkylation sites (tertiary alicyclic amines) is 1. The fourth-order valence-electron chi connectivity index (χ4n) is 9.14. The van der Waals surface area contributed by atoms with Gasteiger partial charge in [-0.25, -0.2) is 0 Å². The summed E-state index contributed by atoms with van der Waals surface area (Å²) < 4.78 is 42.8. The predicted octanol–water partition coefficient (Wildman–Crippen LogP) is 7.52. The van der Waals surface area contributed by atoms with E-state index in [0.717, 1.165) is 95.9 Å². The number of carbonyl (C=O) groups excluding carboxylic acids is 2. The lowest BCUT2D eigenvalue weighted by Crippen LogP contribution is -2.72. The van der Waals surface area contributed by atoms with Gasteiger partial charge >= 0.3 is 11.9 Å². The zero-order valence-electron chi connectivity index (χ0n) is 32.3. The van der Waals surface area contributed by atoms with E-state index in [9.17, 15) is 32.8 Å². The lowest BCUT2D eigenvalue weighted by Gasteiger charge is -2.64. The number of phenols is 1. The van der Waals surface area contributed by atoms with Gasteiger partial charge in [0.25, 0.3) is 10.1 Å². The normalized spacial score (nSPS) is 26.0. The smallest absolute Gasteiger partial charge is 0.327 e. The Labute approximate surface area is 313 Å². The summed E-state index contributed by atoms with van der Waals surface area (Å²) in [5.74, 6) is -0.400. The SMILES string of the molecule is CCCCC(CC)COC(=O)CC(C(=O)OCC(CC)CCCC)S(=O)(=O)O.Oc1ccc2c(c1)[C@@]13CCCC[C@@]1(O)[C@@H](C2)N(CC1CCC1)CC3. The van der Waals surface area contributed by atoms with Gasteiger partial charge in [-0.15, -0.1) is 0 Å². The number of aromatic hydroxyl groups is 1. The van der Waals surface area contributed by atoms with E-state index >= 15 is 0 Å². The predicted molar refractivity (Wildman–Crippen MR) is 203 cm³/mol. The van der Waals surface area contributed by atoms with Gasteiger partial charge in [-0.2, -0.15) is 8.42 Å². The Morgan fingerprint density at radius 3 is 2.13 bits per heavy atom. The number of piperidine rings is 1. The monoisotopic (exact) mass is 749 g/mol. The van der Waals surface area contributed by atoms with Crippen LogP contribution in [0, 0.1) is 17.8 Å².